The topological polar surface area (TPSA) is 79.7 Å². The van der Waals surface area contributed by atoms with Crippen molar-refractivity contribution in [3.8, 4) is 5.88 Å². The molecule has 6 heteroatoms. The van der Waals surface area contributed by atoms with Gasteiger partial charge in [-0.1, -0.05) is 6.07 Å². The van der Waals surface area contributed by atoms with Gasteiger partial charge in [0.2, 0.25) is 5.88 Å². The fourth-order valence-corrected chi connectivity index (χ4v) is 2.59. The van der Waals surface area contributed by atoms with Crippen LogP contribution in [0.5, 0.6) is 5.88 Å². The summed E-state index contributed by atoms with van der Waals surface area (Å²) in [6.45, 7) is 4.97. The number of hydrogen-bond acceptors (Lipinski definition) is 4. The maximum Gasteiger partial charge on any atom is 0.303 e. The van der Waals surface area contributed by atoms with E-state index >= 15 is 0 Å². The van der Waals surface area contributed by atoms with E-state index in [1.807, 2.05) is 13.8 Å². The van der Waals surface area contributed by atoms with Crippen LogP contribution in [0.1, 0.15) is 43.6 Å². The number of likely N-dealkylation sites (tertiary alicyclic amines) is 1. The molecule has 0 bridgehead atoms. The van der Waals surface area contributed by atoms with Gasteiger partial charge in [0, 0.05) is 25.6 Å². The molecule has 2 heterocycles. The summed E-state index contributed by atoms with van der Waals surface area (Å²) in [5.74, 6) is -0.292. The average molecular weight is 306 g/mol. The molecular formula is C16H22N2O4. The maximum atomic E-state index is 12.5. The van der Waals surface area contributed by atoms with E-state index in [4.69, 9.17) is 9.84 Å². The molecule has 1 aliphatic heterocycles. The third-order valence-electron chi connectivity index (χ3n) is 3.66. The largest absolute Gasteiger partial charge is 0.481 e. The van der Waals surface area contributed by atoms with Crippen LogP contribution >= 0.6 is 0 Å². The van der Waals surface area contributed by atoms with E-state index in [0.29, 0.717) is 24.7 Å². The van der Waals surface area contributed by atoms with Gasteiger partial charge in [-0.25, -0.2) is 4.98 Å². The molecule has 0 unspecified atom stereocenters. The molecule has 1 saturated heterocycles. The normalized spacial score (nSPS) is 15.9. The second kappa shape index (κ2) is 7.24. The zero-order chi connectivity index (χ0) is 16.1. The molecule has 1 N–H and O–H groups in total. The molecule has 0 saturated carbocycles. The van der Waals surface area contributed by atoms with Crippen molar-refractivity contribution in [1.29, 1.82) is 0 Å². The minimum Gasteiger partial charge on any atom is -0.481 e. The first-order valence-electron chi connectivity index (χ1n) is 7.60. The average Bonchev–Trinajstić information content (AvgIpc) is 2.46. The molecule has 2 rings (SSSR count). The molecule has 120 valence electrons. The number of carboxylic acids is 1. The summed E-state index contributed by atoms with van der Waals surface area (Å²) >= 11 is 0. The molecule has 1 aromatic rings. The number of rotatable bonds is 5. The number of aliphatic carboxylic acids is 1. The van der Waals surface area contributed by atoms with Crippen molar-refractivity contribution in [3.05, 3.63) is 23.9 Å². The summed E-state index contributed by atoms with van der Waals surface area (Å²) in [7, 11) is 0. The van der Waals surface area contributed by atoms with Gasteiger partial charge in [0.05, 0.1) is 6.10 Å². The summed E-state index contributed by atoms with van der Waals surface area (Å²) in [4.78, 5) is 29.2. The van der Waals surface area contributed by atoms with Crippen LogP contribution in [-0.4, -0.2) is 46.1 Å². The summed E-state index contributed by atoms with van der Waals surface area (Å²) in [6, 6.07) is 5.17. The van der Waals surface area contributed by atoms with Gasteiger partial charge >= 0.3 is 5.97 Å². The van der Waals surface area contributed by atoms with E-state index in [2.05, 4.69) is 4.98 Å². The van der Waals surface area contributed by atoms with Crippen molar-refractivity contribution in [1.82, 2.24) is 9.88 Å². The lowest BCUT2D eigenvalue weighted by atomic mass is 9.93. The van der Waals surface area contributed by atoms with Gasteiger partial charge < -0.3 is 14.7 Å². The minimum atomic E-state index is -0.773. The van der Waals surface area contributed by atoms with Crippen LogP contribution in [-0.2, 0) is 4.79 Å². The molecule has 0 spiro atoms. The van der Waals surface area contributed by atoms with E-state index < -0.39 is 5.97 Å². The van der Waals surface area contributed by atoms with E-state index in [1.165, 1.54) is 0 Å². The lowest BCUT2D eigenvalue weighted by molar-refractivity contribution is -0.138. The zero-order valence-electron chi connectivity index (χ0n) is 13.0. The van der Waals surface area contributed by atoms with Crippen LogP contribution in [0.3, 0.4) is 0 Å². The predicted octanol–water partition coefficient (Wildman–Crippen LogP) is 2.20. The Morgan fingerprint density at radius 3 is 2.64 bits per heavy atom. The SMILES string of the molecule is CC(C)Oc1cccc(C(=O)N2CCC(CC(=O)O)CC2)n1. The summed E-state index contributed by atoms with van der Waals surface area (Å²) in [5.41, 5.74) is 0.370. The van der Waals surface area contributed by atoms with Crippen molar-refractivity contribution in [3.63, 3.8) is 0 Å². The first-order valence-corrected chi connectivity index (χ1v) is 7.60. The number of piperidine rings is 1. The number of pyridine rings is 1. The lowest BCUT2D eigenvalue weighted by Crippen LogP contribution is -2.39. The predicted molar refractivity (Wildman–Crippen MR) is 80.9 cm³/mol. The second-order valence-corrected chi connectivity index (χ2v) is 5.86. The smallest absolute Gasteiger partial charge is 0.303 e. The lowest BCUT2D eigenvalue weighted by Gasteiger charge is -2.31. The standard InChI is InChI=1S/C16H22N2O4/c1-11(2)22-14-5-3-4-13(17-14)16(21)18-8-6-12(7-9-18)10-15(19)20/h3-5,11-12H,6-10H2,1-2H3,(H,19,20). The van der Waals surface area contributed by atoms with Crippen LogP contribution in [0.2, 0.25) is 0 Å². The first kappa shape index (κ1) is 16.3. The van der Waals surface area contributed by atoms with Crippen molar-refractivity contribution in [2.75, 3.05) is 13.1 Å². The highest BCUT2D eigenvalue weighted by atomic mass is 16.5. The van der Waals surface area contributed by atoms with Crippen LogP contribution in [0.15, 0.2) is 18.2 Å². The van der Waals surface area contributed by atoms with Crippen molar-refractivity contribution >= 4 is 11.9 Å². The molecule has 0 atom stereocenters. The van der Waals surface area contributed by atoms with Crippen molar-refractivity contribution in [2.45, 2.75) is 39.2 Å². The maximum absolute atomic E-state index is 12.5. The van der Waals surface area contributed by atoms with Gasteiger partial charge in [-0.3, -0.25) is 9.59 Å². The molecule has 6 nitrogen and oxygen atoms in total. The van der Waals surface area contributed by atoms with Gasteiger partial charge in [0.25, 0.3) is 5.91 Å². The van der Waals surface area contributed by atoms with Gasteiger partial charge in [-0.2, -0.15) is 0 Å². The van der Waals surface area contributed by atoms with E-state index in [1.54, 1.807) is 23.1 Å². The van der Waals surface area contributed by atoms with Gasteiger partial charge in [-0.15, -0.1) is 0 Å². The molecule has 1 aromatic heterocycles. The number of carboxylic acid groups (broad SMARTS) is 1. The molecule has 1 fully saturated rings. The first-order chi connectivity index (χ1) is 10.5. The van der Waals surface area contributed by atoms with E-state index in [-0.39, 0.29) is 24.3 Å². The van der Waals surface area contributed by atoms with Crippen LogP contribution in [0.4, 0.5) is 0 Å². The third kappa shape index (κ3) is 4.44. The number of nitrogens with zero attached hydrogens (tertiary/aromatic N) is 2. The number of ether oxygens (including phenoxy) is 1. The summed E-state index contributed by atoms with van der Waals surface area (Å²) < 4.78 is 5.51. The second-order valence-electron chi connectivity index (χ2n) is 5.86. The Kier molecular flexibility index (Phi) is 5.35. The Labute approximate surface area is 130 Å². The van der Waals surface area contributed by atoms with Crippen LogP contribution < -0.4 is 4.74 Å². The Bertz CT molecular complexity index is 537. The molecule has 0 aromatic carbocycles. The third-order valence-corrected chi connectivity index (χ3v) is 3.66. The van der Waals surface area contributed by atoms with Gasteiger partial charge in [-0.05, 0) is 38.7 Å². The molecule has 0 aliphatic carbocycles. The van der Waals surface area contributed by atoms with E-state index in [0.717, 1.165) is 12.8 Å². The fraction of sp³-hybridized carbons (Fsp3) is 0.562. The number of carbonyl (C=O) groups is 2. The highest BCUT2D eigenvalue weighted by Crippen LogP contribution is 2.22. The number of carbonyl (C=O) groups excluding carboxylic acids is 1. The van der Waals surface area contributed by atoms with Crippen LogP contribution in [0.25, 0.3) is 0 Å². The Balaban J connectivity index is 1.96. The molecule has 1 amide bonds. The monoisotopic (exact) mass is 306 g/mol. The number of aromatic nitrogens is 1. The fourth-order valence-electron chi connectivity index (χ4n) is 2.59. The quantitative estimate of drug-likeness (QED) is 0.902. The Morgan fingerprint density at radius 1 is 1.36 bits per heavy atom. The molecular weight excluding hydrogens is 284 g/mol. The zero-order valence-corrected chi connectivity index (χ0v) is 13.0. The van der Waals surface area contributed by atoms with Gasteiger partial charge in [0.1, 0.15) is 5.69 Å². The van der Waals surface area contributed by atoms with Gasteiger partial charge in [0.15, 0.2) is 0 Å². The molecule has 0 radical (unpaired) electrons. The van der Waals surface area contributed by atoms with Crippen molar-refractivity contribution in [2.24, 2.45) is 5.92 Å². The van der Waals surface area contributed by atoms with Crippen LogP contribution in [0, 0.1) is 5.92 Å². The molecule has 22 heavy (non-hydrogen) atoms. The molecule has 1 aliphatic rings. The Hall–Kier alpha value is -2.11. The Morgan fingerprint density at radius 2 is 2.05 bits per heavy atom. The summed E-state index contributed by atoms with van der Waals surface area (Å²) in [5, 5.41) is 8.82. The highest BCUT2D eigenvalue weighted by molar-refractivity contribution is 5.92. The number of hydrogen-bond donors (Lipinski definition) is 1. The number of amides is 1. The summed E-state index contributed by atoms with van der Waals surface area (Å²) in [6.07, 6.45) is 1.63. The highest BCUT2D eigenvalue weighted by Gasteiger charge is 2.25. The van der Waals surface area contributed by atoms with E-state index in [9.17, 15) is 9.59 Å². The minimum absolute atomic E-state index is 0.00427. The van der Waals surface area contributed by atoms with Crippen molar-refractivity contribution < 1.29 is 19.4 Å².